The minimum absolute atomic E-state index is 0.138. The number of hydrogen-bond acceptors (Lipinski definition) is 3. The first kappa shape index (κ1) is 20.5. The Morgan fingerprint density at radius 3 is 2.15 bits per heavy atom. The monoisotopic (exact) mass is 413 g/mol. The van der Waals surface area contributed by atoms with Crippen LogP contribution in [0.25, 0.3) is 0 Å². The molecule has 0 atom stereocenters. The summed E-state index contributed by atoms with van der Waals surface area (Å²) in [5.74, 6) is -0.387. The molecular formula is C18H18Cl3N3O2. The zero-order chi connectivity index (χ0) is 19.3. The van der Waals surface area contributed by atoms with Gasteiger partial charge in [0.05, 0.1) is 22.3 Å². The standard InChI is InChI=1S/C18H18Cl3N3O2/c1-22-18(26)12-5-3-11(4-6-12)9-24(2)10-16(25)23-17-14(20)7-13(19)8-15(17)21/h3-8H,9-10H2,1-2H3,(H,22,26)(H,23,25). The third-order valence-electron chi connectivity index (χ3n) is 3.58. The maximum atomic E-state index is 12.2. The number of likely N-dealkylation sites (N-methyl/N-ethyl adjacent to an activating group) is 1. The van der Waals surface area contributed by atoms with Crippen molar-refractivity contribution in [1.82, 2.24) is 10.2 Å². The van der Waals surface area contributed by atoms with Crippen LogP contribution in [0.3, 0.4) is 0 Å². The number of anilines is 1. The molecular weight excluding hydrogens is 397 g/mol. The van der Waals surface area contributed by atoms with Crippen molar-refractivity contribution in [3.8, 4) is 0 Å². The minimum atomic E-state index is -0.249. The highest BCUT2D eigenvalue weighted by Crippen LogP contribution is 2.33. The Morgan fingerprint density at radius 2 is 1.62 bits per heavy atom. The van der Waals surface area contributed by atoms with Gasteiger partial charge in [-0.25, -0.2) is 0 Å². The van der Waals surface area contributed by atoms with Gasteiger partial charge in [0.15, 0.2) is 0 Å². The summed E-state index contributed by atoms with van der Waals surface area (Å²) < 4.78 is 0. The molecule has 0 saturated heterocycles. The van der Waals surface area contributed by atoms with Gasteiger partial charge in [0.25, 0.3) is 5.91 Å². The summed E-state index contributed by atoms with van der Waals surface area (Å²) in [6.45, 7) is 0.690. The number of benzene rings is 2. The van der Waals surface area contributed by atoms with Crippen molar-refractivity contribution in [3.05, 3.63) is 62.6 Å². The van der Waals surface area contributed by atoms with Crippen LogP contribution in [0.15, 0.2) is 36.4 Å². The molecule has 5 nitrogen and oxygen atoms in total. The van der Waals surface area contributed by atoms with E-state index in [9.17, 15) is 9.59 Å². The Bertz CT molecular complexity index is 787. The van der Waals surface area contributed by atoms with Crippen molar-refractivity contribution in [2.24, 2.45) is 0 Å². The van der Waals surface area contributed by atoms with Gasteiger partial charge >= 0.3 is 0 Å². The van der Waals surface area contributed by atoms with Crippen molar-refractivity contribution >= 4 is 52.3 Å². The second-order valence-electron chi connectivity index (χ2n) is 5.74. The molecule has 0 unspecified atom stereocenters. The average Bonchev–Trinajstić information content (AvgIpc) is 2.58. The quantitative estimate of drug-likeness (QED) is 0.749. The summed E-state index contributed by atoms with van der Waals surface area (Å²) in [6, 6.07) is 10.2. The molecule has 2 aromatic carbocycles. The number of carbonyl (C=O) groups excluding carboxylic acids is 2. The lowest BCUT2D eigenvalue weighted by Crippen LogP contribution is -2.30. The van der Waals surface area contributed by atoms with Crippen LogP contribution in [0.5, 0.6) is 0 Å². The van der Waals surface area contributed by atoms with E-state index in [0.29, 0.717) is 22.8 Å². The van der Waals surface area contributed by atoms with Gasteiger partial charge in [-0.2, -0.15) is 0 Å². The molecule has 0 saturated carbocycles. The molecule has 2 aromatic rings. The van der Waals surface area contributed by atoms with E-state index in [1.165, 1.54) is 12.1 Å². The second-order valence-corrected chi connectivity index (χ2v) is 6.99. The number of nitrogens with one attached hydrogen (secondary N) is 2. The first-order valence-electron chi connectivity index (χ1n) is 7.74. The van der Waals surface area contributed by atoms with Crippen LogP contribution in [0.1, 0.15) is 15.9 Å². The fourth-order valence-electron chi connectivity index (χ4n) is 2.36. The zero-order valence-corrected chi connectivity index (χ0v) is 16.5. The van der Waals surface area contributed by atoms with Crippen LogP contribution in [-0.4, -0.2) is 37.4 Å². The van der Waals surface area contributed by atoms with E-state index in [4.69, 9.17) is 34.8 Å². The van der Waals surface area contributed by atoms with Gasteiger partial charge in [-0.3, -0.25) is 14.5 Å². The predicted octanol–water partition coefficient (Wildman–Crippen LogP) is 4.08. The van der Waals surface area contributed by atoms with E-state index in [0.717, 1.165) is 5.56 Å². The molecule has 2 rings (SSSR count). The normalized spacial score (nSPS) is 10.7. The summed E-state index contributed by atoms with van der Waals surface area (Å²) >= 11 is 18.0. The molecule has 2 amide bonds. The SMILES string of the molecule is CNC(=O)c1ccc(CN(C)CC(=O)Nc2c(Cl)cc(Cl)cc2Cl)cc1. The molecule has 0 aliphatic carbocycles. The van der Waals surface area contributed by atoms with E-state index in [2.05, 4.69) is 10.6 Å². The Morgan fingerprint density at radius 1 is 1.04 bits per heavy atom. The van der Waals surface area contributed by atoms with Crippen molar-refractivity contribution in [1.29, 1.82) is 0 Å². The average molecular weight is 415 g/mol. The Balaban J connectivity index is 1.94. The van der Waals surface area contributed by atoms with Gasteiger partial charge in [-0.1, -0.05) is 46.9 Å². The van der Waals surface area contributed by atoms with E-state index >= 15 is 0 Å². The van der Waals surface area contributed by atoms with Crippen molar-refractivity contribution in [2.45, 2.75) is 6.54 Å². The maximum absolute atomic E-state index is 12.2. The highest BCUT2D eigenvalue weighted by atomic mass is 35.5. The van der Waals surface area contributed by atoms with Crippen LogP contribution in [0.2, 0.25) is 15.1 Å². The molecule has 0 fully saturated rings. The van der Waals surface area contributed by atoms with E-state index in [-0.39, 0.29) is 28.4 Å². The molecule has 0 spiro atoms. The lowest BCUT2D eigenvalue weighted by Gasteiger charge is -2.17. The fraction of sp³-hybridized carbons (Fsp3) is 0.222. The molecule has 0 heterocycles. The number of hydrogen-bond donors (Lipinski definition) is 2. The van der Waals surface area contributed by atoms with E-state index in [1.807, 2.05) is 24.1 Å². The summed E-state index contributed by atoms with van der Waals surface area (Å²) in [7, 11) is 3.40. The number of nitrogens with zero attached hydrogens (tertiary/aromatic N) is 1. The molecule has 0 bridgehead atoms. The molecule has 138 valence electrons. The van der Waals surface area contributed by atoms with Gasteiger partial charge < -0.3 is 10.6 Å². The first-order chi connectivity index (χ1) is 12.3. The van der Waals surface area contributed by atoms with Crippen molar-refractivity contribution in [3.63, 3.8) is 0 Å². The van der Waals surface area contributed by atoms with Crippen LogP contribution < -0.4 is 10.6 Å². The van der Waals surface area contributed by atoms with Crippen molar-refractivity contribution in [2.75, 3.05) is 26.0 Å². The van der Waals surface area contributed by atoms with Crippen LogP contribution >= 0.6 is 34.8 Å². The van der Waals surface area contributed by atoms with Gasteiger partial charge in [0.2, 0.25) is 5.91 Å². The topological polar surface area (TPSA) is 61.4 Å². The number of amides is 2. The van der Waals surface area contributed by atoms with Crippen molar-refractivity contribution < 1.29 is 9.59 Å². The third kappa shape index (κ3) is 5.61. The first-order valence-corrected chi connectivity index (χ1v) is 8.87. The lowest BCUT2D eigenvalue weighted by atomic mass is 10.1. The molecule has 0 aromatic heterocycles. The van der Waals surface area contributed by atoms with Gasteiger partial charge in [-0.05, 0) is 36.9 Å². The number of rotatable bonds is 6. The molecule has 26 heavy (non-hydrogen) atoms. The Labute approximate surface area is 167 Å². The fourth-order valence-corrected chi connectivity index (χ4v) is 3.27. The smallest absolute Gasteiger partial charge is 0.251 e. The van der Waals surface area contributed by atoms with Crippen LogP contribution in [0.4, 0.5) is 5.69 Å². The summed E-state index contributed by atoms with van der Waals surface area (Å²) in [5.41, 5.74) is 1.91. The minimum Gasteiger partial charge on any atom is -0.355 e. The highest BCUT2D eigenvalue weighted by molar-refractivity contribution is 6.42. The van der Waals surface area contributed by atoms with Gasteiger partial charge in [0.1, 0.15) is 0 Å². The second kappa shape index (κ2) is 9.24. The summed E-state index contributed by atoms with van der Waals surface area (Å²) in [5, 5.41) is 6.23. The van der Waals surface area contributed by atoms with E-state index < -0.39 is 0 Å². The third-order valence-corrected chi connectivity index (χ3v) is 4.39. The van der Waals surface area contributed by atoms with Crippen LogP contribution in [0, 0.1) is 0 Å². The van der Waals surface area contributed by atoms with Gasteiger partial charge in [0, 0.05) is 24.2 Å². The predicted molar refractivity (Wildman–Crippen MR) is 106 cm³/mol. The van der Waals surface area contributed by atoms with Gasteiger partial charge in [-0.15, -0.1) is 0 Å². The van der Waals surface area contributed by atoms with E-state index in [1.54, 1.807) is 19.2 Å². The Kier molecular flexibility index (Phi) is 7.29. The number of halogens is 3. The van der Waals surface area contributed by atoms with Crippen LogP contribution in [-0.2, 0) is 11.3 Å². The molecule has 0 aliphatic heterocycles. The summed E-state index contributed by atoms with van der Waals surface area (Å²) in [4.78, 5) is 25.6. The largest absolute Gasteiger partial charge is 0.355 e. The molecule has 8 heteroatoms. The maximum Gasteiger partial charge on any atom is 0.251 e. The summed E-state index contributed by atoms with van der Waals surface area (Å²) in [6.07, 6.45) is 0. The molecule has 2 N–H and O–H groups in total. The molecule has 0 radical (unpaired) electrons. The lowest BCUT2D eigenvalue weighted by molar-refractivity contribution is -0.117. The highest BCUT2D eigenvalue weighted by Gasteiger charge is 2.13. The number of carbonyl (C=O) groups is 2. The molecule has 0 aliphatic rings. The zero-order valence-electron chi connectivity index (χ0n) is 14.3. The Hall–Kier alpha value is -1.79.